The van der Waals surface area contributed by atoms with Crippen LogP contribution in [0.3, 0.4) is 0 Å². The largest absolute Gasteiger partial charge is 0.310 e. The van der Waals surface area contributed by atoms with Crippen LogP contribution in [0.2, 0.25) is 0 Å². The fourth-order valence-corrected chi connectivity index (χ4v) is 10.1. The summed E-state index contributed by atoms with van der Waals surface area (Å²) < 4.78 is 0. The van der Waals surface area contributed by atoms with Crippen molar-refractivity contribution in [2.75, 3.05) is 4.90 Å². The minimum Gasteiger partial charge on any atom is -0.310 e. The Morgan fingerprint density at radius 3 is 1.28 bits per heavy atom. The Labute approximate surface area is 366 Å². The SMILES string of the molecule is CC(C)(C)c1cc(-c2ccccc2-c2ccccc2N(c2ccc3c(c2)C(C)(C)c2ccccc2-3)c2ccc3c(c2)C(C)(C)c2cc(C(C)(C)C)ccc2-3)cc(C(C)(C)C)c1. The summed E-state index contributed by atoms with van der Waals surface area (Å²) in [4.78, 5) is 2.54. The van der Waals surface area contributed by atoms with Gasteiger partial charge in [-0.2, -0.15) is 0 Å². The predicted octanol–water partition coefficient (Wildman–Crippen LogP) is 17.0. The first kappa shape index (κ1) is 40.7. The summed E-state index contributed by atoms with van der Waals surface area (Å²) in [6.45, 7) is 30.5. The van der Waals surface area contributed by atoms with E-state index in [1.807, 2.05) is 0 Å². The Morgan fingerprint density at radius 2 is 0.738 bits per heavy atom. The van der Waals surface area contributed by atoms with Gasteiger partial charge in [0.25, 0.3) is 0 Å². The van der Waals surface area contributed by atoms with Crippen molar-refractivity contribution in [1.82, 2.24) is 0 Å². The van der Waals surface area contributed by atoms with Crippen LogP contribution in [0.1, 0.15) is 129 Å². The Bertz CT molecular complexity index is 2830. The first-order chi connectivity index (χ1) is 28.7. The molecule has 2 aliphatic rings. The molecule has 0 aliphatic heterocycles. The number of benzene rings is 7. The predicted molar refractivity (Wildman–Crippen MR) is 263 cm³/mol. The van der Waals surface area contributed by atoms with E-state index < -0.39 is 0 Å². The number of anilines is 3. The van der Waals surface area contributed by atoms with Crippen LogP contribution in [0.15, 0.2) is 146 Å². The summed E-state index contributed by atoms with van der Waals surface area (Å²) in [6.07, 6.45) is 0. The average Bonchev–Trinajstić information content (AvgIpc) is 3.58. The van der Waals surface area contributed by atoms with Gasteiger partial charge >= 0.3 is 0 Å². The van der Waals surface area contributed by atoms with E-state index in [2.05, 4.69) is 241 Å². The highest BCUT2D eigenvalue weighted by molar-refractivity contribution is 5.96. The molecular weight excluding hydrogens is 735 g/mol. The lowest BCUT2D eigenvalue weighted by atomic mass is 9.78. The summed E-state index contributed by atoms with van der Waals surface area (Å²) in [5.41, 5.74) is 23.2. The van der Waals surface area contributed by atoms with Gasteiger partial charge in [-0.15, -0.1) is 0 Å². The van der Waals surface area contributed by atoms with Crippen molar-refractivity contribution in [3.8, 4) is 44.5 Å². The molecular formula is C60H63N. The third-order valence-electron chi connectivity index (χ3n) is 13.9. The third-order valence-corrected chi connectivity index (χ3v) is 13.9. The van der Waals surface area contributed by atoms with Gasteiger partial charge in [-0.1, -0.05) is 205 Å². The fourth-order valence-electron chi connectivity index (χ4n) is 10.1. The average molecular weight is 798 g/mol. The molecule has 0 atom stereocenters. The molecule has 0 amide bonds. The Balaban J connectivity index is 1.27. The number of para-hydroxylation sites is 1. The maximum Gasteiger partial charge on any atom is 0.0540 e. The summed E-state index contributed by atoms with van der Waals surface area (Å²) in [7, 11) is 0. The molecule has 0 radical (unpaired) electrons. The molecule has 7 aromatic rings. The van der Waals surface area contributed by atoms with Gasteiger partial charge < -0.3 is 4.90 Å². The van der Waals surface area contributed by atoms with E-state index in [1.165, 1.54) is 89.1 Å². The number of rotatable bonds is 5. The van der Waals surface area contributed by atoms with Gasteiger partial charge in [0.1, 0.15) is 0 Å². The summed E-state index contributed by atoms with van der Waals surface area (Å²) in [5, 5.41) is 0. The quantitative estimate of drug-likeness (QED) is 0.168. The Morgan fingerprint density at radius 1 is 0.328 bits per heavy atom. The second-order valence-electron chi connectivity index (χ2n) is 22.0. The standard InChI is InChI=1S/C60H63N/c1-56(2,3)39-26-29-47-49-31-28-43(37-54(49)60(12,13)52(47)35-39)61(42-27-30-48-46-22-16-18-24-51(46)59(10,11)53(48)36-42)55-25-19-17-23-50(55)45-21-15-14-20-44(45)38-32-40(57(4,5)6)34-41(33-38)58(7,8)9/h14-37H,1-13H3. The van der Waals surface area contributed by atoms with Crippen LogP contribution in [-0.4, -0.2) is 0 Å². The molecule has 308 valence electrons. The molecule has 0 N–H and O–H groups in total. The van der Waals surface area contributed by atoms with Crippen molar-refractivity contribution >= 4 is 17.1 Å². The van der Waals surface area contributed by atoms with E-state index in [0.29, 0.717) is 0 Å². The lowest BCUT2D eigenvalue weighted by Gasteiger charge is -2.31. The van der Waals surface area contributed by atoms with Crippen molar-refractivity contribution < 1.29 is 0 Å². The van der Waals surface area contributed by atoms with Crippen molar-refractivity contribution in [2.24, 2.45) is 0 Å². The lowest BCUT2D eigenvalue weighted by Crippen LogP contribution is -2.19. The molecule has 0 unspecified atom stereocenters. The van der Waals surface area contributed by atoms with E-state index in [0.717, 1.165) is 11.4 Å². The lowest BCUT2D eigenvalue weighted by molar-refractivity contribution is 0.569. The van der Waals surface area contributed by atoms with Gasteiger partial charge in [0.05, 0.1) is 5.69 Å². The number of hydrogen-bond donors (Lipinski definition) is 0. The normalized spacial score (nSPS) is 14.9. The first-order valence-electron chi connectivity index (χ1n) is 22.3. The van der Waals surface area contributed by atoms with Gasteiger partial charge in [0.2, 0.25) is 0 Å². The van der Waals surface area contributed by atoms with Gasteiger partial charge in [0, 0.05) is 27.8 Å². The molecule has 1 heteroatoms. The molecule has 2 aliphatic carbocycles. The zero-order chi connectivity index (χ0) is 43.4. The van der Waals surface area contributed by atoms with E-state index >= 15 is 0 Å². The van der Waals surface area contributed by atoms with Gasteiger partial charge in [-0.05, 0) is 124 Å². The second-order valence-corrected chi connectivity index (χ2v) is 22.0. The molecule has 0 aromatic heterocycles. The number of nitrogens with zero attached hydrogens (tertiary/aromatic N) is 1. The van der Waals surface area contributed by atoms with Crippen LogP contribution < -0.4 is 4.90 Å². The third kappa shape index (κ3) is 6.77. The minimum atomic E-state index is -0.163. The van der Waals surface area contributed by atoms with E-state index in [9.17, 15) is 0 Å². The van der Waals surface area contributed by atoms with Crippen LogP contribution in [-0.2, 0) is 27.1 Å². The fraction of sp³-hybridized carbons (Fsp3) is 0.300. The maximum absolute atomic E-state index is 2.54. The molecule has 7 aromatic carbocycles. The molecule has 0 heterocycles. The van der Waals surface area contributed by atoms with Gasteiger partial charge in [-0.3, -0.25) is 0 Å². The molecule has 0 bridgehead atoms. The Hall–Kier alpha value is -5.66. The molecule has 1 nitrogen and oxygen atoms in total. The summed E-state index contributed by atoms with van der Waals surface area (Å²) in [6, 6.07) is 56.0. The minimum absolute atomic E-state index is 0.00990. The van der Waals surface area contributed by atoms with Gasteiger partial charge in [-0.25, -0.2) is 0 Å². The molecule has 0 fully saturated rings. The summed E-state index contributed by atoms with van der Waals surface area (Å²) >= 11 is 0. The van der Waals surface area contributed by atoms with E-state index in [1.54, 1.807) is 0 Å². The van der Waals surface area contributed by atoms with Crippen LogP contribution in [0.25, 0.3) is 44.5 Å². The molecule has 9 rings (SSSR count). The molecule has 0 saturated carbocycles. The number of fused-ring (bicyclic) bond motifs is 6. The highest BCUT2D eigenvalue weighted by Gasteiger charge is 2.39. The zero-order valence-corrected chi connectivity index (χ0v) is 38.8. The molecule has 0 saturated heterocycles. The van der Waals surface area contributed by atoms with Crippen LogP contribution in [0.5, 0.6) is 0 Å². The van der Waals surface area contributed by atoms with E-state index in [-0.39, 0.29) is 27.1 Å². The van der Waals surface area contributed by atoms with Crippen molar-refractivity contribution in [2.45, 2.75) is 117 Å². The summed E-state index contributed by atoms with van der Waals surface area (Å²) in [5.74, 6) is 0. The molecule has 0 spiro atoms. The second kappa shape index (κ2) is 13.9. The van der Waals surface area contributed by atoms with Crippen LogP contribution in [0, 0.1) is 0 Å². The molecule has 61 heavy (non-hydrogen) atoms. The van der Waals surface area contributed by atoms with Crippen LogP contribution >= 0.6 is 0 Å². The van der Waals surface area contributed by atoms with Crippen LogP contribution in [0.4, 0.5) is 17.1 Å². The van der Waals surface area contributed by atoms with E-state index in [4.69, 9.17) is 0 Å². The Kier molecular flexibility index (Phi) is 9.30. The monoisotopic (exact) mass is 797 g/mol. The highest BCUT2D eigenvalue weighted by Crippen LogP contribution is 2.54. The van der Waals surface area contributed by atoms with Crippen molar-refractivity contribution in [3.05, 3.63) is 185 Å². The highest BCUT2D eigenvalue weighted by atomic mass is 15.1. The first-order valence-corrected chi connectivity index (χ1v) is 22.3. The maximum atomic E-state index is 2.54. The van der Waals surface area contributed by atoms with Crippen molar-refractivity contribution in [1.29, 1.82) is 0 Å². The zero-order valence-electron chi connectivity index (χ0n) is 38.8. The smallest absolute Gasteiger partial charge is 0.0540 e. The number of hydrogen-bond acceptors (Lipinski definition) is 1. The van der Waals surface area contributed by atoms with Gasteiger partial charge in [0.15, 0.2) is 0 Å². The topological polar surface area (TPSA) is 3.24 Å². The van der Waals surface area contributed by atoms with Crippen molar-refractivity contribution in [3.63, 3.8) is 0 Å².